The lowest BCUT2D eigenvalue weighted by atomic mass is 10.5. The predicted molar refractivity (Wildman–Crippen MR) is 58.2 cm³/mol. The molecule has 0 amide bonds. The zero-order valence-corrected chi connectivity index (χ0v) is 10.2. The van der Waals surface area contributed by atoms with E-state index in [4.69, 9.17) is 0 Å². The fraction of sp³-hybridized carbons (Fsp3) is 0.375. The zero-order chi connectivity index (χ0) is 12.8. The minimum absolute atomic E-state index is 0.0459. The molecule has 92 valence electrons. The average Bonchev–Trinajstić information content (AvgIpc) is 2.54. The predicted octanol–water partition coefficient (Wildman–Crippen LogP) is -0.586. The molecule has 1 aromatic heterocycles. The van der Waals surface area contributed by atoms with Gasteiger partial charge in [0.25, 0.3) is 5.04 Å². The van der Waals surface area contributed by atoms with Gasteiger partial charge in [-0.1, -0.05) is 0 Å². The number of esters is 1. The quantitative estimate of drug-likeness (QED) is 0.676. The summed E-state index contributed by atoms with van der Waals surface area (Å²) in [6, 6.07) is 0. The van der Waals surface area contributed by atoms with Crippen LogP contribution in [0.15, 0.2) is 10.00 Å². The third-order valence-electron chi connectivity index (χ3n) is 2.31. The van der Waals surface area contributed by atoms with Gasteiger partial charge in [0.15, 0.2) is 5.82 Å². The standard InChI is InChI=1S/C8H10N4O4S/c1-4-5-6(12(2)11-4)9-10-7(8(13)16-3)17(5,14)15/h9H,1-3H3. The molecule has 0 saturated carbocycles. The lowest BCUT2D eigenvalue weighted by Crippen LogP contribution is -2.30. The molecule has 0 unspecified atom stereocenters. The van der Waals surface area contributed by atoms with Gasteiger partial charge in [-0.2, -0.15) is 10.2 Å². The largest absolute Gasteiger partial charge is 0.464 e. The number of aryl methyl sites for hydroxylation is 2. The van der Waals surface area contributed by atoms with Crippen molar-refractivity contribution in [2.24, 2.45) is 12.1 Å². The Labute approximate surface area is 97.2 Å². The Kier molecular flexibility index (Phi) is 2.42. The number of carbonyl (C=O) groups is 1. The maximum Gasteiger partial charge on any atom is 0.370 e. The van der Waals surface area contributed by atoms with Gasteiger partial charge in [0.2, 0.25) is 9.84 Å². The summed E-state index contributed by atoms with van der Waals surface area (Å²) in [7, 11) is -1.31. The number of ether oxygens (including phenoxy) is 1. The van der Waals surface area contributed by atoms with Crippen LogP contribution in [0.3, 0.4) is 0 Å². The van der Waals surface area contributed by atoms with Crippen LogP contribution in [-0.4, -0.2) is 36.3 Å². The van der Waals surface area contributed by atoms with Crippen molar-refractivity contribution in [1.82, 2.24) is 9.78 Å². The molecule has 1 N–H and O–H groups in total. The highest BCUT2D eigenvalue weighted by Gasteiger charge is 2.39. The summed E-state index contributed by atoms with van der Waals surface area (Å²) in [4.78, 5) is 11.3. The number of hydrogen-bond acceptors (Lipinski definition) is 7. The molecular weight excluding hydrogens is 248 g/mol. The smallest absolute Gasteiger partial charge is 0.370 e. The van der Waals surface area contributed by atoms with Gasteiger partial charge in [-0.05, 0) is 6.92 Å². The lowest BCUT2D eigenvalue weighted by molar-refractivity contribution is -0.132. The number of carbonyl (C=O) groups excluding carboxylic acids is 1. The van der Waals surface area contributed by atoms with Gasteiger partial charge in [0.1, 0.15) is 4.90 Å². The lowest BCUT2D eigenvalue weighted by Gasteiger charge is -2.13. The third kappa shape index (κ3) is 1.50. The van der Waals surface area contributed by atoms with Crippen molar-refractivity contribution in [2.45, 2.75) is 11.8 Å². The highest BCUT2D eigenvalue weighted by molar-refractivity contribution is 8.08. The summed E-state index contributed by atoms with van der Waals surface area (Å²) in [5.74, 6) is -0.776. The van der Waals surface area contributed by atoms with Gasteiger partial charge >= 0.3 is 5.97 Å². The molecule has 1 aliphatic heterocycles. The Bertz CT molecular complexity index is 628. The van der Waals surface area contributed by atoms with E-state index in [1.807, 2.05) is 0 Å². The van der Waals surface area contributed by atoms with E-state index in [9.17, 15) is 13.2 Å². The molecule has 17 heavy (non-hydrogen) atoms. The monoisotopic (exact) mass is 258 g/mol. The number of anilines is 1. The molecule has 0 spiro atoms. The first kappa shape index (κ1) is 11.6. The molecule has 0 aromatic carbocycles. The number of aromatic nitrogens is 2. The van der Waals surface area contributed by atoms with Gasteiger partial charge < -0.3 is 4.74 Å². The van der Waals surface area contributed by atoms with E-state index in [1.54, 1.807) is 7.05 Å². The maximum absolute atomic E-state index is 12.1. The molecule has 1 aromatic rings. The van der Waals surface area contributed by atoms with Gasteiger partial charge in [0.05, 0.1) is 12.8 Å². The second kappa shape index (κ2) is 3.55. The van der Waals surface area contributed by atoms with Crippen LogP contribution < -0.4 is 5.43 Å². The van der Waals surface area contributed by atoms with Crippen LogP contribution in [0.1, 0.15) is 5.69 Å². The maximum atomic E-state index is 12.1. The van der Waals surface area contributed by atoms with E-state index >= 15 is 0 Å². The van der Waals surface area contributed by atoms with E-state index in [0.29, 0.717) is 5.69 Å². The van der Waals surface area contributed by atoms with Crippen LogP contribution >= 0.6 is 0 Å². The van der Waals surface area contributed by atoms with Crippen molar-refractivity contribution in [3.8, 4) is 0 Å². The Morgan fingerprint density at radius 2 is 2.12 bits per heavy atom. The van der Waals surface area contributed by atoms with Crippen LogP contribution in [-0.2, 0) is 26.4 Å². The van der Waals surface area contributed by atoms with Crippen molar-refractivity contribution >= 4 is 26.7 Å². The number of hydrogen-bond donors (Lipinski definition) is 1. The van der Waals surface area contributed by atoms with Crippen LogP contribution in [0.2, 0.25) is 0 Å². The average molecular weight is 258 g/mol. The molecule has 0 radical (unpaired) electrons. The topological polar surface area (TPSA) is 103 Å². The molecule has 0 saturated heterocycles. The number of hydrazone groups is 1. The molecule has 9 heteroatoms. The second-order valence-electron chi connectivity index (χ2n) is 3.41. The number of methoxy groups -OCH3 is 1. The van der Waals surface area contributed by atoms with E-state index in [0.717, 1.165) is 7.11 Å². The molecule has 8 nitrogen and oxygen atoms in total. The Morgan fingerprint density at radius 3 is 2.71 bits per heavy atom. The van der Waals surface area contributed by atoms with Crippen molar-refractivity contribution in [1.29, 1.82) is 0 Å². The van der Waals surface area contributed by atoms with Crippen LogP contribution in [0.25, 0.3) is 0 Å². The molecule has 1 aliphatic rings. The van der Waals surface area contributed by atoms with Crippen molar-refractivity contribution in [2.75, 3.05) is 12.5 Å². The molecule has 0 atom stereocenters. The summed E-state index contributed by atoms with van der Waals surface area (Å²) in [5, 5.41) is 6.81. The van der Waals surface area contributed by atoms with Crippen LogP contribution in [0.4, 0.5) is 5.82 Å². The fourth-order valence-electron chi connectivity index (χ4n) is 1.59. The number of sulfone groups is 1. The summed E-state index contributed by atoms with van der Waals surface area (Å²) in [6.07, 6.45) is 0. The Balaban J connectivity index is 2.67. The second-order valence-corrected chi connectivity index (χ2v) is 5.21. The molecule has 2 rings (SSSR count). The summed E-state index contributed by atoms with van der Waals surface area (Å²) in [6.45, 7) is 1.54. The van der Waals surface area contributed by atoms with E-state index in [1.165, 1.54) is 11.6 Å². The third-order valence-corrected chi connectivity index (χ3v) is 4.11. The van der Waals surface area contributed by atoms with Gasteiger partial charge in [0, 0.05) is 7.05 Å². The van der Waals surface area contributed by atoms with Crippen LogP contribution in [0, 0.1) is 6.92 Å². The highest BCUT2D eigenvalue weighted by atomic mass is 32.2. The molecular formula is C8H10N4O4S. The first-order valence-corrected chi connectivity index (χ1v) is 6.08. The Hall–Kier alpha value is -1.90. The van der Waals surface area contributed by atoms with Gasteiger partial charge in [-0.15, -0.1) is 0 Å². The van der Waals surface area contributed by atoms with Crippen molar-refractivity contribution < 1.29 is 17.9 Å². The molecule has 0 fully saturated rings. The van der Waals surface area contributed by atoms with E-state index < -0.39 is 20.9 Å². The summed E-state index contributed by atoms with van der Waals surface area (Å²) >= 11 is 0. The summed E-state index contributed by atoms with van der Waals surface area (Å²) < 4.78 is 29.9. The Morgan fingerprint density at radius 1 is 1.47 bits per heavy atom. The van der Waals surface area contributed by atoms with Crippen LogP contribution in [0.5, 0.6) is 0 Å². The minimum atomic E-state index is -3.97. The van der Waals surface area contributed by atoms with E-state index in [-0.39, 0.29) is 10.7 Å². The number of fused-ring (bicyclic) bond motifs is 1. The highest BCUT2D eigenvalue weighted by Crippen LogP contribution is 2.29. The first-order chi connectivity index (χ1) is 7.89. The van der Waals surface area contributed by atoms with Crippen molar-refractivity contribution in [3.63, 3.8) is 0 Å². The first-order valence-electron chi connectivity index (χ1n) is 4.60. The fourth-order valence-corrected chi connectivity index (χ4v) is 3.11. The number of nitrogens with zero attached hydrogens (tertiary/aromatic N) is 3. The van der Waals surface area contributed by atoms with E-state index in [2.05, 4.69) is 20.4 Å². The zero-order valence-electron chi connectivity index (χ0n) is 9.38. The SMILES string of the molecule is COC(=O)C1=NNc2c(c(C)nn2C)S1(=O)=O. The minimum Gasteiger partial charge on any atom is -0.464 e. The van der Waals surface area contributed by atoms with Gasteiger partial charge in [-0.3, -0.25) is 5.43 Å². The van der Waals surface area contributed by atoms with Crippen molar-refractivity contribution in [3.05, 3.63) is 5.69 Å². The molecule has 0 bridgehead atoms. The summed E-state index contributed by atoms with van der Waals surface area (Å²) in [5.41, 5.74) is 2.78. The normalized spacial score (nSPS) is 16.8. The number of nitrogens with one attached hydrogen (secondary N) is 1. The molecule has 0 aliphatic carbocycles. The number of rotatable bonds is 1. The molecule has 2 heterocycles. The van der Waals surface area contributed by atoms with Gasteiger partial charge in [-0.25, -0.2) is 17.9 Å².